The Balaban J connectivity index is 0.00000342. The van der Waals surface area contributed by atoms with Gasteiger partial charge in [-0.25, -0.2) is 0 Å². The van der Waals surface area contributed by atoms with Crippen LogP contribution in [0.1, 0.15) is 23.2 Å². The molecular formula is C23H24LiN5O4S2. The normalized spacial score (nSPS) is 15.1. The monoisotopic (exact) mass is 505 g/mol. The molecule has 0 aliphatic carbocycles. The third-order valence-electron chi connectivity index (χ3n) is 5.34. The van der Waals surface area contributed by atoms with Gasteiger partial charge in [-0.1, -0.05) is 18.3 Å². The summed E-state index contributed by atoms with van der Waals surface area (Å²) in [5, 5.41) is 28.0. The first-order valence-electron chi connectivity index (χ1n) is 10.7. The number of benzene rings is 2. The van der Waals surface area contributed by atoms with Crippen LogP contribution < -0.4 is 44.2 Å². The number of nitrogens with one attached hydrogen (secondary N) is 4. The van der Waals surface area contributed by atoms with Crippen LogP contribution in [0.3, 0.4) is 0 Å². The van der Waals surface area contributed by atoms with Crippen LogP contribution in [0.5, 0.6) is 5.75 Å². The zero-order valence-electron chi connectivity index (χ0n) is 19.2. The zero-order valence-corrected chi connectivity index (χ0v) is 20.8. The summed E-state index contributed by atoms with van der Waals surface area (Å²) in [4.78, 5) is 19.3. The van der Waals surface area contributed by atoms with Gasteiger partial charge in [-0.3, -0.25) is 0 Å². The number of nitrogens with zero attached hydrogens (tertiary/aromatic N) is 1. The number of aromatic amines is 2. The fourth-order valence-electron chi connectivity index (χ4n) is 3.81. The summed E-state index contributed by atoms with van der Waals surface area (Å²) in [6.45, 7) is 1.20. The molecule has 0 bridgehead atoms. The molecule has 0 amide bonds. The number of carboxylic acids is 1. The van der Waals surface area contributed by atoms with Crippen molar-refractivity contribution in [2.24, 2.45) is 0 Å². The molecule has 178 valence electrons. The number of β-amino-alcohol motifs (C(OH)–C–C–N with tert-alkyl or cyclic N) is 1. The number of piperidine rings is 1. The number of aromatic carboxylic acids is 1. The fourth-order valence-corrected chi connectivity index (χ4v) is 4.31. The van der Waals surface area contributed by atoms with E-state index in [4.69, 9.17) is 29.2 Å². The van der Waals surface area contributed by atoms with Gasteiger partial charge in [0.05, 0.1) is 12.1 Å². The van der Waals surface area contributed by atoms with Crippen LogP contribution in [0.25, 0.3) is 0 Å². The molecule has 9 nitrogen and oxygen atoms in total. The molecule has 35 heavy (non-hydrogen) atoms. The molecule has 1 atom stereocenters. The maximum atomic E-state index is 11.6. The van der Waals surface area contributed by atoms with E-state index in [1.807, 2.05) is 29.2 Å². The molecule has 0 saturated carbocycles. The van der Waals surface area contributed by atoms with Crippen LogP contribution in [-0.2, 0) is 0 Å². The Morgan fingerprint density at radius 2 is 1.97 bits per heavy atom. The molecule has 4 rings (SSSR count). The number of anilines is 4. The molecule has 1 aromatic heterocycles. The summed E-state index contributed by atoms with van der Waals surface area (Å²) in [6, 6.07) is 14.1. The van der Waals surface area contributed by atoms with Gasteiger partial charge in [0.25, 0.3) is 0 Å². The van der Waals surface area contributed by atoms with Crippen molar-refractivity contribution in [3.63, 3.8) is 0 Å². The van der Waals surface area contributed by atoms with E-state index in [1.54, 1.807) is 18.2 Å². The van der Waals surface area contributed by atoms with Crippen molar-refractivity contribution >= 4 is 53.3 Å². The number of aliphatic hydroxyl groups excluding tert-OH is 1. The quantitative estimate of drug-likeness (QED) is 0.167. The Morgan fingerprint density at radius 1 is 1.17 bits per heavy atom. The van der Waals surface area contributed by atoms with Crippen molar-refractivity contribution in [2.75, 3.05) is 35.4 Å². The maximum Gasteiger partial charge on any atom is 1.00 e. The first kappa shape index (κ1) is 26.8. The van der Waals surface area contributed by atoms with Crippen molar-refractivity contribution in [3.8, 4) is 5.75 Å². The molecule has 2 heterocycles. The smallest absolute Gasteiger partial charge is 0.545 e. The zero-order chi connectivity index (χ0) is 24.1. The molecule has 5 N–H and O–H groups in total. The number of carbonyl (C=O) groups is 1. The van der Waals surface area contributed by atoms with Crippen LogP contribution in [-0.4, -0.2) is 47.0 Å². The van der Waals surface area contributed by atoms with Gasteiger partial charge in [0.15, 0.2) is 11.5 Å². The van der Waals surface area contributed by atoms with Crippen LogP contribution in [0.4, 0.5) is 22.9 Å². The van der Waals surface area contributed by atoms with E-state index in [-0.39, 0.29) is 31.2 Å². The predicted molar refractivity (Wildman–Crippen MR) is 134 cm³/mol. The maximum absolute atomic E-state index is 11.6. The molecule has 2 aromatic carbocycles. The molecule has 1 aliphatic rings. The largest absolute Gasteiger partial charge is 1.00 e. The van der Waals surface area contributed by atoms with Gasteiger partial charge in [-0.2, -0.15) is 0 Å². The predicted octanol–water partition coefficient (Wildman–Crippen LogP) is 0.322. The topological polar surface area (TPSA) is 128 Å². The summed E-state index contributed by atoms with van der Waals surface area (Å²) >= 11 is 10.3. The van der Waals surface area contributed by atoms with Gasteiger partial charge in [-0.15, -0.1) is 0 Å². The fraction of sp³-hybridized carbons (Fsp3) is 0.261. The van der Waals surface area contributed by atoms with Gasteiger partial charge in [0.2, 0.25) is 0 Å². The average Bonchev–Trinajstić information content (AvgIpc) is 2.78. The molecule has 1 aliphatic heterocycles. The van der Waals surface area contributed by atoms with Gasteiger partial charge >= 0.3 is 18.9 Å². The van der Waals surface area contributed by atoms with E-state index in [2.05, 4.69) is 20.6 Å². The first-order chi connectivity index (χ1) is 16.4. The van der Waals surface area contributed by atoms with E-state index in [9.17, 15) is 15.0 Å². The van der Waals surface area contributed by atoms with Crippen LogP contribution in [0, 0.1) is 9.41 Å². The molecule has 1 fully saturated rings. The Bertz CT molecular complexity index is 1270. The molecule has 1 unspecified atom stereocenters. The Labute approximate surface area is 224 Å². The minimum Gasteiger partial charge on any atom is -0.545 e. The third kappa shape index (κ3) is 7.33. The van der Waals surface area contributed by atoms with E-state index in [0.29, 0.717) is 46.2 Å². The number of carboxylic acid groups (broad SMARTS) is 1. The molecule has 12 heteroatoms. The van der Waals surface area contributed by atoms with Crippen molar-refractivity contribution < 1.29 is 38.6 Å². The summed E-state index contributed by atoms with van der Waals surface area (Å²) in [7, 11) is 0. The van der Waals surface area contributed by atoms with Crippen LogP contribution in [0.2, 0.25) is 0 Å². The Hall–Kier alpha value is -2.81. The Morgan fingerprint density at radius 3 is 2.71 bits per heavy atom. The van der Waals surface area contributed by atoms with E-state index < -0.39 is 12.1 Å². The van der Waals surface area contributed by atoms with Gasteiger partial charge < -0.3 is 45.2 Å². The second kappa shape index (κ2) is 12.2. The number of hydrogen-bond donors (Lipinski definition) is 5. The number of ether oxygens (including phenoxy) is 1. The standard InChI is InChI=1S/C23H25N5O4S2.Li/c29-16-5-2-8-28(12-16)19-10-17(6-7-18(19)22(30)31)32-13-24-14-3-1-4-15(9-14)25-20-11-21(33)27-23(34)26-20;/h1,3-4,6-7,9-11,16,24,29H,2,5,8,12-13H2,(H,30,31)(H3,25,26,27,33,34);/q;+1/p-1. The molecule has 0 spiro atoms. The SMILES string of the molecule is O=C([O-])c1ccc(OCNc2cccc(Nc3cc(=S)[nH]c(=S)[nH]3)c2)cc1N1CCCC(O)C1.[Li+]. The van der Waals surface area contributed by atoms with E-state index in [1.165, 1.54) is 6.07 Å². The van der Waals surface area contributed by atoms with Crippen molar-refractivity contribution in [2.45, 2.75) is 18.9 Å². The second-order valence-corrected chi connectivity index (χ2v) is 8.73. The van der Waals surface area contributed by atoms with Gasteiger partial charge in [-0.05, 0) is 55.4 Å². The van der Waals surface area contributed by atoms with Gasteiger partial charge in [0.1, 0.15) is 16.2 Å². The number of aliphatic hydroxyl groups is 1. The summed E-state index contributed by atoms with van der Waals surface area (Å²) in [5.74, 6) is -0.0811. The van der Waals surface area contributed by atoms with Crippen molar-refractivity contribution in [1.29, 1.82) is 0 Å². The molecular weight excluding hydrogens is 481 g/mol. The third-order valence-corrected chi connectivity index (χ3v) is 5.77. The van der Waals surface area contributed by atoms with E-state index >= 15 is 0 Å². The number of rotatable bonds is 8. The number of hydrogen-bond acceptors (Lipinski definition) is 9. The van der Waals surface area contributed by atoms with Crippen molar-refractivity contribution in [3.05, 3.63) is 63.5 Å². The minimum absolute atomic E-state index is 0. The summed E-state index contributed by atoms with van der Waals surface area (Å²) in [6.07, 6.45) is 0.998. The van der Waals surface area contributed by atoms with Crippen molar-refractivity contribution in [1.82, 2.24) is 9.97 Å². The second-order valence-electron chi connectivity index (χ2n) is 7.88. The first-order valence-corrected chi connectivity index (χ1v) is 11.5. The van der Waals surface area contributed by atoms with Gasteiger partial charge in [0, 0.05) is 47.8 Å². The minimum atomic E-state index is -1.26. The number of aromatic nitrogens is 2. The average molecular weight is 506 g/mol. The Kier molecular flexibility index (Phi) is 9.37. The molecule has 3 aromatic rings. The summed E-state index contributed by atoms with van der Waals surface area (Å²) < 4.78 is 6.78. The molecule has 0 radical (unpaired) electrons. The summed E-state index contributed by atoms with van der Waals surface area (Å²) in [5.41, 5.74) is 2.20. The molecule has 1 saturated heterocycles. The van der Waals surface area contributed by atoms with Crippen LogP contribution in [0.15, 0.2) is 48.5 Å². The number of H-pyrrole nitrogens is 2. The van der Waals surface area contributed by atoms with Crippen LogP contribution >= 0.6 is 24.4 Å². The number of carbonyl (C=O) groups excluding carboxylic acids is 1. The van der Waals surface area contributed by atoms with E-state index in [0.717, 1.165) is 17.8 Å².